The van der Waals surface area contributed by atoms with E-state index >= 15 is 0 Å². The van der Waals surface area contributed by atoms with Gasteiger partial charge in [0.1, 0.15) is 0 Å². The summed E-state index contributed by atoms with van der Waals surface area (Å²) in [5, 5.41) is 11.7. The molecule has 1 aliphatic rings. The van der Waals surface area contributed by atoms with Gasteiger partial charge in [0.15, 0.2) is 0 Å². The first kappa shape index (κ1) is 15.8. The van der Waals surface area contributed by atoms with Gasteiger partial charge >= 0.3 is 0 Å². The van der Waals surface area contributed by atoms with Gasteiger partial charge in [-0.1, -0.05) is 19.1 Å². The van der Waals surface area contributed by atoms with Crippen molar-refractivity contribution in [2.75, 3.05) is 25.1 Å². The maximum absolute atomic E-state index is 12.3. The third kappa shape index (κ3) is 3.33. The van der Waals surface area contributed by atoms with Crippen molar-refractivity contribution in [3.8, 4) is 0 Å². The number of thiol groups is 1. The smallest absolute Gasteiger partial charge is 0.259 e. The van der Waals surface area contributed by atoms with Crippen LogP contribution in [-0.2, 0) is 4.74 Å². The quantitative estimate of drug-likeness (QED) is 0.503. The lowest BCUT2D eigenvalue weighted by Gasteiger charge is -2.38. The summed E-state index contributed by atoms with van der Waals surface area (Å²) in [7, 11) is 0. The highest BCUT2D eigenvalue weighted by Gasteiger charge is 2.33. The number of aromatic amines is 1. The average Bonchev–Trinajstić information content (AvgIpc) is 2.51. The third-order valence-electron chi connectivity index (χ3n) is 3.97. The van der Waals surface area contributed by atoms with E-state index in [9.17, 15) is 4.79 Å². The molecule has 0 unspecified atom stereocenters. The van der Waals surface area contributed by atoms with Gasteiger partial charge in [-0.2, -0.15) is 0 Å². The van der Waals surface area contributed by atoms with Gasteiger partial charge in [-0.3, -0.25) is 10.2 Å². The molecule has 1 aliphatic heterocycles. The minimum atomic E-state index is -0.273. The molecule has 0 amide bonds. The molecule has 0 saturated carbocycles. The lowest BCUT2D eigenvalue weighted by molar-refractivity contribution is -0.0924. The molecule has 0 radical (unpaired) electrons. The maximum Gasteiger partial charge on any atom is 0.259 e. The summed E-state index contributed by atoms with van der Waals surface area (Å²) < 4.78 is 5.25. The van der Waals surface area contributed by atoms with Crippen molar-refractivity contribution in [1.29, 1.82) is 5.41 Å². The van der Waals surface area contributed by atoms with Gasteiger partial charge < -0.3 is 15.0 Å². The first-order chi connectivity index (χ1) is 11.0. The Balaban J connectivity index is 1.89. The molecule has 2 heterocycles. The highest BCUT2D eigenvalue weighted by molar-refractivity contribution is 7.80. The Kier molecular flexibility index (Phi) is 4.28. The van der Waals surface area contributed by atoms with Crippen molar-refractivity contribution in [2.24, 2.45) is 5.41 Å². The lowest BCUT2D eigenvalue weighted by Crippen LogP contribution is -2.45. The number of benzene rings is 1. The van der Waals surface area contributed by atoms with E-state index in [4.69, 9.17) is 10.1 Å². The van der Waals surface area contributed by atoms with E-state index in [1.165, 1.54) is 0 Å². The van der Waals surface area contributed by atoms with Crippen LogP contribution in [0, 0.1) is 10.8 Å². The molecule has 2 aromatic rings. The number of anilines is 1. The van der Waals surface area contributed by atoms with Crippen molar-refractivity contribution in [3.05, 3.63) is 58.0 Å². The second-order valence-corrected chi connectivity index (χ2v) is 6.69. The Morgan fingerprint density at radius 3 is 2.65 bits per heavy atom. The fourth-order valence-corrected chi connectivity index (χ4v) is 2.66. The summed E-state index contributed by atoms with van der Waals surface area (Å²) in [6.45, 7) is 4.25. The number of nitrogens with one attached hydrogen (secondary N) is 3. The predicted molar refractivity (Wildman–Crippen MR) is 94.1 cm³/mol. The van der Waals surface area contributed by atoms with Crippen LogP contribution in [0.2, 0.25) is 0 Å². The van der Waals surface area contributed by atoms with Crippen molar-refractivity contribution < 1.29 is 4.74 Å². The van der Waals surface area contributed by atoms with Crippen molar-refractivity contribution in [1.82, 2.24) is 4.98 Å². The molecule has 3 N–H and O–H groups in total. The highest BCUT2D eigenvalue weighted by Crippen LogP contribution is 2.27. The predicted octanol–water partition coefficient (Wildman–Crippen LogP) is 2.53. The normalized spacial score (nSPS) is 15.7. The van der Waals surface area contributed by atoms with E-state index in [0.29, 0.717) is 36.6 Å². The van der Waals surface area contributed by atoms with E-state index < -0.39 is 0 Å². The molecule has 1 saturated heterocycles. The monoisotopic (exact) mass is 329 g/mol. The summed E-state index contributed by atoms with van der Waals surface area (Å²) in [4.78, 5) is 15.7. The fraction of sp³-hybridized carbons (Fsp3) is 0.294. The Labute approximate surface area is 140 Å². The molecule has 1 fully saturated rings. The molecule has 1 aromatic carbocycles. The molecule has 6 heteroatoms. The molecule has 0 aliphatic carbocycles. The molecular weight excluding hydrogens is 310 g/mol. The number of ether oxygens (including phenoxy) is 1. The Morgan fingerprint density at radius 1 is 1.35 bits per heavy atom. The molecule has 0 spiro atoms. The Morgan fingerprint density at radius 2 is 2.04 bits per heavy atom. The number of aromatic nitrogens is 1. The van der Waals surface area contributed by atoms with Gasteiger partial charge in [0.25, 0.3) is 5.56 Å². The number of H-pyrrole nitrogens is 1. The van der Waals surface area contributed by atoms with Crippen LogP contribution in [0.5, 0.6) is 0 Å². The van der Waals surface area contributed by atoms with Crippen LogP contribution >= 0.6 is 12.6 Å². The molecule has 0 atom stereocenters. The second-order valence-electron chi connectivity index (χ2n) is 6.17. The van der Waals surface area contributed by atoms with Crippen molar-refractivity contribution in [2.45, 2.75) is 11.8 Å². The summed E-state index contributed by atoms with van der Waals surface area (Å²) in [6, 6.07) is 9.00. The van der Waals surface area contributed by atoms with Crippen molar-refractivity contribution >= 4 is 24.0 Å². The minimum Gasteiger partial charge on any atom is -0.384 e. The van der Waals surface area contributed by atoms with E-state index in [-0.39, 0.29) is 16.7 Å². The third-order valence-corrected chi connectivity index (χ3v) is 4.27. The first-order valence-corrected chi connectivity index (χ1v) is 7.85. The van der Waals surface area contributed by atoms with Gasteiger partial charge in [0.05, 0.1) is 30.2 Å². The van der Waals surface area contributed by atoms with Crippen LogP contribution in [0.1, 0.15) is 18.1 Å². The zero-order valence-corrected chi connectivity index (χ0v) is 13.7. The van der Waals surface area contributed by atoms with E-state index in [1.54, 1.807) is 24.4 Å². The number of hydrogen-bond acceptors (Lipinski definition) is 5. The summed E-state index contributed by atoms with van der Waals surface area (Å²) >= 11 is 4.25. The van der Waals surface area contributed by atoms with Gasteiger partial charge in [0, 0.05) is 28.6 Å². The van der Waals surface area contributed by atoms with Gasteiger partial charge in [0.2, 0.25) is 0 Å². The van der Waals surface area contributed by atoms with Crippen LogP contribution in [0.25, 0.3) is 0 Å². The Hall–Kier alpha value is -2.05. The van der Waals surface area contributed by atoms with Crippen LogP contribution in [0.3, 0.4) is 0 Å². The average molecular weight is 329 g/mol. The molecule has 1 aromatic heterocycles. The first-order valence-electron chi connectivity index (χ1n) is 7.40. The molecule has 23 heavy (non-hydrogen) atoms. The SMILES string of the molecule is CC1(CNc2cc[nH]c(=O)c2C(=N)c2ccc(S)cc2)COC1. The molecule has 0 bridgehead atoms. The fourth-order valence-electron chi connectivity index (χ4n) is 2.51. The van der Waals surface area contributed by atoms with E-state index in [2.05, 4.69) is 29.9 Å². The highest BCUT2D eigenvalue weighted by atomic mass is 32.1. The topological polar surface area (TPSA) is 78.0 Å². The van der Waals surface area contributed by atoms with Crippen molar-refractivity contribution in [3.63, 3.8) is 0 Å². The minimum absolute atomic E-state index is 0.0791. The molecule has 3 rings (SSSR count). The van der Waals surface area contributed by atoms with Crippen LogP contribution in [0.15, 0.2) is 46.2 Å². The zero-order chi connectivity index (χ0) is 16.4. The van der Waals surface area contributed by atoms with Crippen LogP contribution in [-0.4, -0.2) is 30.5 Å². The largest absolute Gasteiger partial charge is 0.384 e. The van der Waals surface area contributed by atoms with Gasteiger partial charge in [-0.15, -0.1) is 12.6 Å². The number of hydrogen-bond donors (Lipinski definition) is 4. The number of rotatable bonds is 5. The van der Waals surface area contributed by atoms with Gasteiger partial charge in [-0.05, 0) is 18.2 Å². The molecular formula is C17H19N3O2S. The van der Waals surface area contributed by atoms with E-state index in [1.807, 2.05) is 12.1 Å². The van der Waals surface area contributed by atoms with E-state index in [0.717, 1.165) is 4.90 Å². The van der Waals surface area contributed by atoms with Crippen LogP contribution in [0.4, 0.5) is 5.69 Å². The maximum atomic E-state index is 12.3. The second kappa shape index (κ2) is 6.22. The zero-order valence-electron chi connectivity index (χ0n) is 12.8. The lowest BCUT2D eigenvalue weighted by atomic mass is 9.88. The summed E-state index contributed by atoms with van der Waals surface area (Å²) in [5.74, 6) is 0. The standard InChI is InChI=1S/C17H19N3O2S/c1-17(9-22-10-17)8-20-13-6-7-19-16(21)14(13)15(18)11-2-4-12(23)5-3-11/h2-7,18,23H,8-10H2,1H3,(H2,19,20,21). The molecule has 120 valence electrons. The van der Waals surface area contributed by atoms with Gasteiger partial charge in [-0.25, -0.2) is 0 Å². The van der Waals surface area contributed by atoms with Crippen LogP contribution < -0.4 is 10.9 Å². The summed E-state index contributed by atoms with van der Waals surface area (Å²) in [5.41, 5.74) is 1.70. The molecule has 5 nitrogen and oxygen atoms in total. The number of pyridine rings is 1. The Bertz CT molecular complexity index is 779. The summed E-state index contributed by atoms with van der Waals surface area (Å²) in [6.07, 6.45) is 1.60.